The molecule has 30 heavy (non-hydrogen) atoms. The normalized spacial score (nSPS) is 18.4. The minimum Gasteiger partial charge on any atom is -0.352 e. The quantitative estimate of drug-likeness (QED) is 0.577. The van der Waals surface area contributed by atoms with Crippen molar-refractivity contribution in [3.8, 4) is 0 Å². The smallest absolute Gasteiger partial charge is 0.220 e. The summed E-state index contributed by atoms with van der Waals surface area (Å²) >= 11 is 6.00. The fourth-order valence-corrected chi connectivity index (χ4v) is 4.42. The van der Waals surface area contributed by atoms with E-state index in [1.54, 1.807) is 0 Å². The van der Waals surface area contributed by atoms with Gasteiger partial charge < -0.3 is 10.6 Å². The van der Waals surface area contributed by atoms with Crippen LogP contribution >= 0.6 is 11.6 Å². The van der Waals surface area contributed by atoms with Crippen molar-refractivity contribution in [3.63, 3.8) is 0 Å². The molecule has 5 heteroatoms. The lowest BCUT2D eigenvalue weighted by Crippen LogP contribution is -2.44. The van der Waals surface area contributed by atoms with E-state index in [4.69, 9.17) is 11.6 Å². The van der Waals surface area contributed by atoms with Crippen LogP contribution in [0.3, 0.4) is 0 Å². The van der Waals surface area contributed by atoms with Crippen LogP contribution in [0.15, 0.2) is 66.7 Å². The van der Waals surface area contributed by atoms with Gasteiger partial charge in [-0.2, -0.15) is 0 Å². The van der Waals surface area contributed by atoms with Gasteiger partial charge in [0.2, 0.25) is 11.8 Å². The Morgan fingerprint density at radius 3 is 2.60 bits per heavy atom. The van der Waals surface area contributed by atoms with Gasteiger partial charge in [0, 0.05) is 29.9 Å². The van der Waals surface area contributed by atoms with Crippen LogP contribution in [0, 0.1) is 0 Å². The Morgan fingerprint density at radius 1 is 1.00 bits per heavy atom. The molecule has 0 saturated carbocycles. The molecule has 2 amide bonds. The van der Waals surface area contributed by atoms with E-state index in [2.05, 4.69) is 41.0 Å². The second-order valence-corrected chi connectivity index (χ2v) is 8.53. The van der Waals surface area contributed by atoms with Gasteiger partial charge in [-0.25, -0.2) is 0 Å². The molecule has 2 N–H and O–H groups in total. The lowest BCUT2D eigenvalue weighted by Gasteiger charge is -2.29. The Bertz CT molecular complexity index is 1080. The first-order chi connectivity index (χ1) is 14.5. The van der Waals surface area contributed by atoms with Crippen molar-refractivity contribution in [2.24, 2.45) is 0 Å². The molecule has 0 unspecified atom stereocenters. The second kappa shape index (κ2) is 8.88. The molecule has 3 aromatic carbocycles. The summed E-state index contributed by atoms with van der Waals surface area (Å²) in [4.78, 5) is 24.5. The molecule has 4 nitrogen and oxygen atoms in total. The van der Waals surface area contributed by atoms with Crippen LogP contribution < -0.4 is 10.6 Å². The number of nitrogens with one attached hydrogen (secondary N) is 2. The van der Waals surface area contributed by atoms with E-state index in [1.165, 1.54) is 16.3 Å². The van der Waals surface area contributed by atoms with E-state index < -0.39 is 0 Å². The summed E-state index contributed by atoms with van der Waals surface area (Å²) < 4.78 is 0. The molecule has 1 atom stereocenters. The maximum absolute atomic E-state index is 12.5. The predicted molar refractivity (Wildman–Crippen MR) is 120 cm³/mol. The summed E-state index contributed by atoms with van der Waals surface area (Å²) in [5.74, 6) is 0.0455. The SMILES string of the molecule is O=C(CC[C@]1(Cc2ccc3ccccc3c2)CCC(=O)N1)NCc1cccc(Cl)c1. The molecule has 0 bridgehead atoms. The summed E-state index contributed by atoms with van der Waals surface area (Å²) in [5, 5.41) is 9.17. The first-order valence-electron chi connectivity index (χ1n) is 10.3. The fraction of sp³-hybridized carbons (Fsp3) is 0.280. The molecule has 1 fully saturated rings. The number of hydrogen-bond acceptors (Lipinski definition) is 2. The van der Waals surface area contributed by atoms with Crippen molar-refractivity contribution in [2.75, 3.05) is 0 Å². The van der Waals surface area contributed by atoms with Crippen molar-refractivity contribution in [2.45, 2.75) is 44.2 Å². The highest BCUT2D eigenvalue weighted by molar-refractivity contribution is 6.30. The van der Waals surface area contributed by atoms with Crippen LogP contribution in [0.1, 0.15) is 36.8 Å². The summed E-state index contributed by atoms with van der Waals surface area (Å²) in [6, 6.07) is 22.1. The average molecular weight is 421 g/mol. The number of rotatable bonds is 7. The van der Waals surface area contributed by atoms with E-state index in [0.717, 1.165) is 18.4 Å². The van der Waals surface area contributed by atoms with Crippen molar-refractivity contribution in [3.05, 3.63) is 82.9 Å². The van der Waals surface area contributed by atoms with Crippen molar-refractivity contribution in [1.82, 2.24) is 10.6 Å². The third-order valence-corrected chi connectivity index (χ3v) is 6.04. The van der Waals surface area contributed by atoms with E-state index >= 15 is 0 Å². The van der Waals surface area contributed by atoms with Crippen LogP contribution in [0.4, 0.5) is 0 Å². The molecule has 1 heterocycles. The Hall–Kier alpha value is -2.85. The summed E-state index contributed by atoms with van der Waals surface area (Å²) in [6.45, 7) is 0.448. The zero-order valence-electron chi connectivity index (χ0n) is 16.8. The summed E-state index contributed by atoms with van der Waals surface area (Å²) in [7, 11) is 0. The number of fused-ring (bicyclic) bond motifs is 1. The fourth-order valence-electron chi connectivity index (χ4n) is 4.21. The minimum absolute atomic E-state index is 0.0194. The zero-order valence-corrected chi connectivity index (χ0v) is 17.5. The highest BCUT2D eigenvalue weighted by Gasteiger charge is 2.37. The van der Waals surface area contributed by atoms with Crippen LogP contribution in [0.2, 0.25) is 5.02 Å². The first-order valence-corrected chi connectivity index (χ1v) is 10.7. The van der Waals surface area contributed by atoms with Crippen LogP contribution in [0.5, 0.6) is 0 Å². The number of hydrogen-bond donors (Lipinski definition) is 2. The van der Waals surface area contributed by atoms with Crippen LogP contribution in [-0.4, -0.2) is 17.4 Å². The van der Waals surface area contributed by atoms with Gasteiger partial charge in [0.25, 0.3) is 0 Å². The molecule has 0 spiro atoms. The van der Waals surface area contributed by atoms with Crippen molar-refractivity contribution in [1.29, 1.82) is 0 Å². The standard InChI is InChI=1S/C25H25ClN2O2/c26-22-7-3-4-19(15-22)17-27-23(29)10-12-25(13-11-24(30)28-25)16-18-8-9-20-5-1-2-6-21(20)14-18/h1-9,14-15H,10-13,16-17H2,(H,27,29)(H,28,30)/t25-/m1/s1. The van der Waals surface area contributed by atoms with Gasteiger partial charge >= 0.3 is 0 Å². The van der Waals surface area contributed by atoms with Gasteiger partial charge in [0.1, 0.15) is 0 Å². The molecule has 1 aliphatic rings. The lowest BCUT2D eigenvalue weighted by atomic mass is 9.84. The van der Waals surface area contributed by atoms with E-state index in [-0.39, 0.29) is 17.4 Å². The van der Waals surface area contributed by atoms with Gasteiger partial charge in [-0.05, 0) is 53.3 Å². The molecule has 3 aromatic rings. The number of carbonyl (C=O) groups excluding carboxylic acids is 2. The third-order valence-electron chi connectivity index (χ3n) is 5.80. The van der Waals surface area contributed by atoms with Gasteiger partial charge in [-0.1, -0.05) is 66.2 Å². The van der Waals surface area contributed by atoms with Crippen LogP contribution in [-0.2, 0) is 22.6 Å². The zero-order chi connectivity index (χ0) is 21.0. The van der Waals surface area contributed by atoms with E-state index in [9.17, 15) is 9.59 Å². The molecule has 1 saturated heterocycles. The van der Waals surface area contributed by atoms with Crippen molar-refractivity contribution >= 4 is 34.2 Å². The largest absolute Gasteiger partial charge is 0.352 e. The molecule has 0 aromatic heterocycles. The Balaban J connectivity index is 1.40. The molecule has 1 aliphatic heterocycles. The third kappa shape index (κ3) is 5.00. The average Bonchev–Trinajstić information content (AvgIpc) is 3.11. The predicted octanol–water partition coefficient (Wildman–Crippen LogP) is 4.78. The monoisotopic (exact) mass is 420 g/mol. The van der Waals surface area contributed by atoms with Gasteiger partial charge in [-0.15, -0.1) is 0 Å². The maximum Gasteiger partial charge on any atom is 0.220 e. The molecule has 154 valence electrons. The Labute approximate surface area is 181 Å². The molecule has 0 aliphatic carbocycles. The summed E-state index contributed by atoms with van der Waals surface area (Å²) in [6.07, 6.45) is 2.98. The Morgan fingerprint density at radius 2 is 1.83 bits per heavy atom. The van der Waals surface area contributed by atoms with E-state index in [1.807, 2.05) is 36.4 Å². The first kappa shape index (κ1) is 20.4. The molecular weight excluding hydrogens is 396 g/mol. The lowest BCUT2D eigenvalue weighted by molar-refractivity contribution is -0.122. The molecular formula is C25H25ClN2O2. The second-order valence-electron chi connectivity index (χ2n) is 8.09. The highest BCUT2D eigenvalue weighted by atomic mass is 35.5. The number of halogens is 1. The van der Waals surface area contributed by atoms with Gasteiger partial charge in [0.15, 0.2) is 0 Å². The minimum atomic E-state index is -0.368. The van der Waals surface area contributed by atoms with Crippen LogP contribution in [0.25, 0.3) is 10.8 Å². The highest BCUT2D eigenvalue weighted by Crippen LogP contribution is 2.30. The maximum atomic E-state index is 12.5. The number of amides is 2. The topological polar surface area (TPSA) is 58.2 Å². The van der Waals surface area contributed by atoms with Gasteiger partial charge in [0.05, 0.1) is 0 Å². The van der Waals surface area contributed by atoms with Crippen molar-refractivity contribution < 1.29 is 9.59 Å². The molecule has 0 radical (unpaired) electrons. The Kier molecular flexibility index (Phi) is 6.05. The van der Waals surface area contributed by atoms with Gasteiger partial charge in [-0.3, -0.25) is 9.59 Å². The number of carbonyl (C=O) groups is 2. The number of benzene rings is 3. The summed E-state index contributed by atoms with van der Waals surface area (Å²) in [5.41, 5.74) is 1.78. The van der Waals surface area contributed by atoms with E-state index in [0.29, 0.717) is 30.8 Å². The molecule has 4 rings (SSSR count).